The fraction of sp³-hybridized carbons (Fsp3) is 0.585. The number of aryl methyl sites for hydroxylation is 1. The molecule has 4 unspecified atom stereocenters. The van der Waals surface area contributed by atoms with Gasteiger partial charge in [0, 0.05) is 6.42 Å². The first-order chi connectivity index (χ1) is 27.6. The van der Waals surface area contributed by atoms with E-state index in [0.29, 0.717) is 12.8 Å². The maximum atomic E-state index is 13.4. The van der Waals surface area contributed by atoms with Gasteiger partial charge in [0.05, 0.1) is 98.5 Å². The van der Waals surface area contributed by atoms with Crippen molar-refractivity contribution in [3.05, 3.63) is 60.2 Å². The van der Waals surface area contributed by atoms with Gasteiger partial charge in [-0.1, -0.05) is 54.6 Å². The number of benzene rings is 4. The summed E-state index contributed by atoms with van der Waals surface area (Å²) in [5, 5.41) is 85.6. The van der Waals surface area contributed by atoms with Crippen LogP contribution in [0.25, 0.3) is 32.3 Å². The van der Waals surface area contributed by atoms with Crippen LogP contribution in [0.1, 0.15) is 18.4 Å². The monoisotopic (exact) mass is 805 g/mol. The summed E-state index contributed by atoms with van der Waals surface area (Å²) in [6.45, 7) is -3.18. The Hall–Kier alpha value is -3.17. The van der Waals surface area contributed by atoms with E-state index in [0.717, 1.165) is 16.3 Å². The number of hydrogen-bond donors (Lipinski definition) is 9. The Morgan fingerprint density at radius 1 is 0.526 bits per heavy atom. The highest BCUT2D eigenvalue weighted by molar-refractivity contribution is 6.23. The van der Waals surface area contributed by atoms with Crippen molar-refractivity contribution in [1.82, 2.24) is 5.32 Å². The molecule has 9 N–H and O–H groups in total. The van der Waals surface area contributed by atoms with Gasteiger partial charge in [-0.3, -0.25) is 4.79 Å². The predicted octanol–water partition coefficient (Wildman–Crippen LogP) is -0.359. The van der Waals surface area contributed by atoms with Crippen LogP contribution in [0.2, 0.25) is 0 Å². The van der Waals surface area contributed by atoms with Crippen LogP contribution in [0, 0.1) is 0 Å². The molecule has 16 nitrogen and oxygen atoms in total. The van der Waals surface area contributed by atoms with Crippen LogP contribution in [0.3, 0.4) is 0 Å². The topological polar surface area (TPSA) is 246 Å². The minimum Gasteiger partial charge on any atom is -0.394 e. The van der Waals surface area contributed by atoms with E-state index in [2.05, 4.69) is 59.9 Å². The molecule has 0 radical (unpaired) electrons. The van der Waals surface area contributed by atoms with E-state index in [9.17, 15) is 25.2 Å². The molecular formula is C41H59NO15. The lowest BCUT2D eigenvalue weighted by atomic mass is 9.92. The summed E-state index contributed by atoms with van der Waals surface area (Å²) in [7, 11) is 0. The van der Waals surface area contributed by atoms with E-state index < -0.39 is 69.1 Å². The SMILES string of the molecule is O=C(CCCc1cc2ccc3cccc4ccc(c1)c2c34)NC(COC(COCC(O)CO)COCC(O)CO)COC(COCC(O)CO)COCC(O)CO. The summed E-state index contributed by atoms with van der Waals surface area (Å²) in [5.41, 5.74) is 1.11. The summed E-state index contributed by atoms with van der Waals surface area (Å²) < 4.78 is 34.1. The molecule has 4 rings (SSSR count). The van der Waals surface area contributed by atoms with E-state index in [1.807, 2.05) is 0 Å². The van der Waals surface area contributed by atoms with Crippen LogP contribution >= 0.6 is 0 Å². The Bertz CT molecular complexity index is 1580. The van der Waals surface area contributed by atoms with Gasteiger partial charge in [0.25, 0.3) is 0 Å². The minimum atomic E-state index is -1.11. The molecule has 1 amide bonds. The third-order valence-electron chi connectivity index (χ3n) is 9.12. The number of aliphatic hydroxyl groups is 8. The van der Waals surface area contributed by atoms with Gasteiger partial charge in [-0.15, -0.1) is 0 Å². The Morgan fingerprint density at radius 2 is 0.912 bits per heavy atom. The molecule has 0 aromatic heterocycles. The molecule has 318 valence electrons. The largest absolute Gasteiger partial charge is 0.394 e. The summed E-state index contributed by atoms with van der Waals surface area (Å²) in [5.74, 6) is -0.257. The van der Waals surface area contributed by atoms with Gasteiger partial charge >= 0.3 is 0 Å². The molecule has 57 heavy (non-hydrogen) atoms. The predicted molar refractivity (Wildman–Crippen MR) is 210 cm³/mol. The number of carbonyl (C=O) groups is 1. The number of ether oxygens (including phenoxy) is 6. The van der Waals surface area contributed by atoms with Crippen molar-refractivity contribution >= 4 is 38.2 Å². The van der Waals surface area contributed by atoms with E-state index in [-0.39, 0.29) is 78.4 Å². The van der Waals surface area contributed by atoms with Gasteiger partial charge in [-0.25, -0.2) is 0 Å². The van der Waals surface area contributed by atoms with Crippen LogP contribution in [-0.4, -0.2) is 182 Å². The van der Waals surface area contributed by atoms with Crippen molar-refractivity contribution in [1.29, 1.82) is 0 Å². The minimum absolute atomic E-state index is 0.0709. The van der Waals surface area contributed by atoms with Crippen molar-refractivity contribution in [2.75, 3.05) is 92.5 Å². The molecule has 0 heterocycles. The molecule has 0 spiro atoms. The first kappa shape index (κ1) is 46.5. The molecule has 0 saturated carbocycles. The van der Waals surface area contributed by atoms with Gasteiger partial charge in [0.15, 0.2) is 0 Å². The molecule has 4 aromatic rings. The van der Waals surface area contributed by atoms with Crippen LogP contribution in [-0.2, 0) is 39.6 Å². The van der Waals surface area contributed by atoms with Gasteiger partial charge in [0.1, 0.15) is 36.6 Å². The number of nitrogens with one attached hydrogen (secondary N) is 1. The Balaban J connectivity index is 1.41. The number of hydrogen-bond acceptors (Lipinski definition) is 15. The maximum Gasteiger partial charge on any atom is 0.220 e. The zero-order valence-corrected chi connectivity index (χ0v) is 32.2. The normalized spacial score (nSPS) is 15.9. The Labute approximate surface area is 331 Å². The second kappa shape index (κ2) is 25.3. The second-order valence-electron chi connectivity index (χ2n) is 14.2. The van der Waals surface area contributed by atoms with Gasteiger partial charge in [-0.05, 0) is 50.7 Å². The third kappa shape index (κ3) is 15.8. The zero-order chi connectivity index (χ0) is 41.0. The van der Waals surface area contributed by atoms with E-state index >= 15 is 0 Å². The number of rotatable bonds is 31. The van der Waals surface area contributed by atoms with Gasteiger partial charge in [-0.2, -0.15) is 0 Å². The van der Waals surface area contributed by atoms with E-state index in [4.69, 9.17) is 48.8 Å². The highest BCUT2D eigenvalue weighted by Crippen LogP contribution is 2.35. The Morgan fingerprint density at radius 3 is 1.32 bits per heavy atom. The second-order valence-corrected chi connectivity index (χ2v) is 14.2. The highest BCUT2D eigenvalue weighted by atomic mass is 16.6. The molecule has 0 aliphatic heterocycles. The van der Waals surface area contributed by atoms with E-state index in [1.165, 1.54) is 21.5 Å². The summed E-state index contributed by atoms with van der Waals surface area (Å²) in [6.07, 6.45) is -4.51. The van der Waals surface area contributed by atoms with Gasteiger partial charge < -0.3 is 74.6 Å². The third-order valence-corrected chi connectivity index (χ3v) is 9.12. The van der Waals surface area contributed by atoms with Gasteiger partial charge in [0.2, 0.25) is 5.91 Å². The lowest BCUT2D eigenvalue weighted by Crippen LogP contribution is -2.45. The molecule has 16 heteroatoms. The van der Waals surface area contributed by atoms with Crippen molar-refractivity contribution in [2.45, 2.75) is 61.9 Å². The van der Waals surface area contributed by atoms with Crippen molar-refractivity contribution in [3.63, 3.8) is 0 Å². The van der Waals surface area contributed by atoms with Crippen molar-refractivity contribution in [2.24, 2.45) is 0 Å². The maximum absolute atomic E-state index is 13.4. The first-order valence-corrected chi connectivity index (χ1v) is 19.3. The first-order valence-electron chi connectivity index (χ1n) is 19.3. The number of carbonyl (C=O) groups excluding carboxylic acids is 1. The fourth-order valence-corrected chi connectivity index (χ4v) is 6.19. The lowest BCUT2D eigenvalue weighted by molar-refractivity contribution is -0.127. The smallest absolute Gasteiger partial charge is 0.220 e. The zero-order valence-electron chi connectivity index (χ0n) is 32.2. The molecule has 4 atom stereocenters. The van der Waals surface area contributed by atoms with E-state index in [1.54, 1.807) is 0 Å². The lowest BCUT2D eigenvalue weighted by Gasteiger charge is -2.26. The average molecular weight is 806 g/mol. The molecule has 0 aliphatic rings. The standard InChI is InChI=1S/C41H59NO15/c43-13-33(47)19-52-23-37(24-53-20-34(48)14-44)56-17-32(18-57-38(25-54-21-35(49)15-45)26-55-22-36(50)16-46)42-39(51)6-1-3-27-11-30-9-7-28-4-2-5-29-8-10-31(12-27)41(30)40(28)29/h2,4-5,7-12,32-38,43-50H,1,3,6,13-26H2,(H,42,51). The van der Waals surface area contributed by atoms with Crippen LogP contribution in [0.5, 0.6) is 0 Å². The van der Waals surface area contributed by atoms with Crippen LogP contribution in [0.15, 0.2) is 54.6 Å². The number of amides is 1. The molecule has 0 saturated heterocycles. The fourth-order valence-electron chi connectivity index (χ4n) is 6.19. The Kier molecular flexibility index (Phi) is 20.7. The quantitative estimate of drug-likeness (QED) is 0.0295. The van der Waals surface area contributed by atoms with Crippen molar-refractivity contribution in [3.8, 4) is 0 Å². The molecule has 0 fully saturated rings. The average Bonchev–Trinajstić information content (AvgIpc) is 3.22. The van der Waals surface area contributed by atoms with Crippen molar-refractivity contribution < 1.29 is 74.1 Å². The van der Waals surface area contributed by atoms with Crippen LogP contribution in [0.4, 0.5) is 0 Å². The van der Waals surface area contributed by atoms with Crippen LogP contribution < -0.4 is 5.32 Å². The molecule has 0 bridgehead atoms. The summed E-state index contributed by atoms with van der Waals surface area (Å²) in [4.78, 5) is 13.4. The molecule has 0 aliphatic carbocycles. The molecular weight excluding hydrogens is 746 g/mol. The highest BCUT2D eigenvalue weighted by Gasteiger charge is 2.22. The summed E-state index contributed by atoms with van der Waals surface area (Å²) >= 11 is 0. The molecule has 4 aromatic carbocycles. The number of aliphatic hydroxyl groups excluding tert-OH is 8. The summed E-state index contributed by atoms with van der Waals surface area (Å²) in [6, 6.07) is 18.4.